The number of alkyl halides is 3. The quantitative estimate of drug-likeness (QED) is 0.454. The summed E-state index contributed by atoms with van der Waals surface area (Å²) in [5.74, 6) is -1.71. The highest BCUT2D eigenvalue weighted by Crippen LogP contribution is 2.41. The van der Waals surface area contributed by atoms with E-state index in [1.54, 1.807) is 0 Å². The minimum Gasteiger partial charge on any atom is -0.406 e. The summed E-state index contributed by atoms with van der Waals surface area (Å²) in [6.45, 7) is 3.60. The number of amides is 2. The number of carbonyl (C=O) groups is 1. The lowest BCUT2D eigenvalue weighted by atomic mass is 10.0. The van der Waals surface area contributed by atoms with Gasteiger partial charge in [0.05, 0.1) is 6.54 Å². The van der Waals surface area contributed by atoms with E-state index in [-0.39, 0.29) is 16.9 Å². The Kier molecular flexibility index (Phi) is 7.11. The van der Waals surface area contributed by atoms with E-state index in [1.807, 2.05) is 13.8 Å². The molecule has 10 heteroatoms. The number of carbonyl (C=O) groups excluding carboxylic acids is 1. The number of hydrogen-bond donors (Lipinski definition) is 1. The molecule has 1 saturated heterocycles. The highest BCUT2D eigenvalue weighted by Gasteiger charge is 2.51. The van der Waals surface area contributed by atoms with Crippen LogP contribution in [0.25, 0.3) is 0 Å². The molecule has 1 N–H and O–H groups in total. The number of ether oxygens (including phenoxy) is 1. The maximum atomic E-state index is 13.4. The first-order valence-corrected chi connectivity index (χ1v) is 10.3. The van der Waals surface area contributed by atoms with Crippen molar-refractivity contribution in [3.63, 3.8) is 0 Å². The molecule has 1 fully saturated rings. The van der Waals surface area contributed by atoms with Crippen molar-refractivity contribution in [3.05, 3.63) is 90.0 Å². The molecule has 1 aliphatic rings. The van der Waals surface area contributed by atoms with Crippen LogP contribution in [0.15, 0.2) is 72.8 Å². The summed E-state index contributed by atoms with van der Waals surface area (Å²) in [7, 11) is 0. The van der Waals surface area contributed by atoms with E-state index >= 15 is 0 Å². The first-order valence-electron chi connectivity index (χ1n) is 10.3. The van der Waals surface area contributed by atoms with Gasteiger partial charge in [0.2, 0.25) is 0 Å². The van der Waals surface area contributed by atoms with E-state index < -0.39 is 42.0 Å². The first-order chi connectivity index (χ1) is 16.1. The molecule has 1 atom stereocenters. The van der Waals surface area contributed by atoms with Gasteiger partial charge in [0.15, 0.2) is 5.72 Å². The summed E-state index contributed by atoms with van der Waals surface area (Å²) in [5, 5.41) is 11.6. The molecule has 0 aliphatic carbocycles. The molecule has 3 aromatic rings. The van der Waals surface area contributed by atoms with Crippen molar-refractivity contribution in [2.75, 3.05) is 16.3 Å². The van der Waals surface area contributed by atoms with Crippen molar-refractivity contribution < 1.29 is 36.6 Å². The van der Waals surface area contributed by atoms with Crippen LogP contribution in [0.1, 0.15) is 19.4 Å². The average molecular weight is 480 g/mol. The summed E-state index contributed by atoms with van der Waals surface area (Å²) < 4.78 is 68.8. The summed E-state index contributed by atoms with van der Waals surface area (Å²) in [5.41, 5.74) is -1.86. The minimum absolute atomic E-state index is 0.0680. The maximum Gasteiger partial charge on any atom is 0.573 e. The Labute approximate surface area is 192 Å². The molecule has 3 aromatic carbocycles. The minimum atomic E-state index is -4.95. The molecule has 1 unspecified atom stereocenters. The Morgan fingerprint density at radius 1 is 0.882 bits per heavy atom. The monoisotopic (exact) mass is 480 g/mol. The zero-order valence-electron chi connectivity index (χ0n) is 18.2. The summed E-state index contributed by atoms with van der Waals surface area (Å²) in [6.07, 6.45) is -4.95. The van der Waals surface area contributed by atoms with Gasteiger partial charge >= 0.3 is 12.4 Å². The fraction of sp³-hybridized carbons (Fsp3) is 0.208. The van der Waals surface area contributed by atoms with E-state index in [9.17, 15) is 31.9 Å². The molecular formula is C24H21F5N2O3. The Hall–Kier alpha value is -3.66. The van der Waals surface area contributed by atoms with Gasteiger partial charge < -0.3 is 9.84 Å². The molecule has 5 nitrogen and oxygen atoms in total. The van der Waals surface area contributed by atoms with Crippen LogP contribution < -0.4 is 14.5 Å². The summed E-state index contributed by atoms with van der Waals surface area (Å²) >= 11 is 0. The predicted molar refractivity (Wildman–Crippen MR) is 116 cm³/mol. The second kappa shape index (κ2) is 9.68. The summed E-state index contributed by atoms with van der Waals surface area (Å²) in [4.78, 5) is 15.3. The second-order valence-corrected chi connectivity index (χ2v) is 7.05. The fourth-order valence-corrected chi connectivity index (χ4v) is 3.54. The molecule has 0 radical (unpaired) electrons. The Morgan fingerprint density at radius 2 is 1.41 bits per heavy atom. The van der Waals surface area contributed by atoms with E-state index in [2.05, 4.69) is 4.74 Å². The van der Waals surface area contributed by atoms with Crippen LogP contribution in [0, 0.1) is 11.6 Å². The highest BCUT2D eigenvalue weighted by molar-refractivity contribution is 6.07. The molecule has 0 spiro atoms. The van der Waals surface area contributed by atoms with Crippen molar-refractivity contribution in [1.29, 1.82) is 0 Å². The zero-order valence-corrected chi connectivity index (χ0v) is 18.2. The van der Waals surface area contributed by atoms with Crippen molar-refractivity contribution >= 4 is 17.4 Å². The molecule has 2 amide bonds. The molecule has 34 heavy (non-hydrogen) atoms. The number of anilines is 2. The molecule has 0 aromatic heterocycles. The smallest absolute Gasteiger partial charge is 0.406 e. The lowest BCUT2D eigenvalue weighted by Gasteiger charge is -2.32. The Balaban J connectivity index is 0.00000158. The van der Waals surface area contributed by atoms with Gasteiger partial charge in [-0.1, -0.05) is 26.0 Å². The number of β-amino-alcohol motifs (C(OH)–C–C–N with tert-alkyl or cyclic N) is 1. The van der Waals surface area contributed by atoms with E-state index in [1.165, 1.54) is 36.4 Å². The summed E-state index contributed by atoms with van der Waals surface area (Å²) in [6, 6.07) is 13.4. The number of aliphatic hydroxyl groups is 1. The van der Waals surface area contributed by atoms with E-state index in [0.29, 0.717) is 0 Å². The predicted octanol–water partition coefficient (Wildman–Crippen LogP) is 6.18. The van der Waals surface area contributed by atoms with Gasteiger partial charge in [-0.3, -0.25) is 9.80 Å². The van der Waals surface area contributed by atoms with E-state index in [0.717, 1.165) is 46.2 Å². The van der Waals surface area contributed by atoms with Gasteiger partial charge in [-0.25, -0.2) is 13.6 Å². The number of halogens is 5. The number of rotatable bonds is 4. The van der Waals surface area contributed by atoms with Gasteiger partial charge in [-0.15, -0.1) is 13.2 Å². The van der Waals surface area contributed by atoms with Crippen molar-refractivity contribution in [2.24, 2.45) is 0 Å². The maximum absolute atomic E-state index is 13.4. The third kappa shape index (κ3) is 5.12. The standard InChI is InChI=1S/C22H15F5N2O3.C2H6/c23-15-4-8-17(9-5-15)28-13-21(31,14-2-1-3-19(12-14)32-22(25,26)27)29(20(28)30)18-10-6-16(24)7-11-18;1-2/h1-12,31H,13H2;1-2H3. The van der Waals surface area contributed by atoms with Crippen LogP contribution in [0.5, 0.6) is 5.75 Å². The molecule has 0 saturated carbocycles. The Bertz CT molecular complexity index is 1140. The molecule has 0 bridgehead atoms. The van der Waals surface area contributed by atoms with Crippen molar-refractivity contribution in [1.82, 2.24) is 0 Å². The SMILES string of the molecule is CC.O=C1N(c2ccc(F)cc2)CC(O)(c2cccc(OC(F)(F)F)c2)N1c1ccc(F)cc1. The van der Waals surface area contributed by atoms with Crippen LogP contribution in [-0.2, 0) is 5.72 Å². The lowest BCUT2D eigenvalue weighted by Crippen LogP contribution is -2.44. The normalized spacial score (nSPS) is 17.9. The van der Waals surface area contributed by atoms with Crippen LogP contribution in [0.4, 0.5) is 38.1 Å². The lowest BCUT2D eigenvalue weighted by molar-refractivity contribution is -0.274. The number of hydrogen-bond acceptors (Lipinski definition) is 3. The fourth-order valence-electron chi connectivity index (χ4n) is 3.54. The molecular weight excluding hydrogens is 459 g/mol. The molecule has 1 heterocycles. The van der Waals surface area contributed by atoms with Crippen LogP contribution in [-0.4, -0.2) is 24.0 Å². The van der Waals surface area contributed by atoms with Crippen LogP contribution in [0.2, 0.25) is 0 Å². The number of benzene rings is 3. The first kappa shape index (κ1) is 25.0. The van der Waals surface area contributed by atoms with E-state index in [4.69, 9.17) is 0 Å². The molecule has 4 rings (SSSR count). The van der Waals surface area contributed by atoms with Crippen LogP contribution >= 0.6 is 0 Å². The molecule has 1 aliphatic heterocycles. The molecule has 180 valence electrons. The zero-order chi connectivity index (χ0) is 25.1. The Morgan fingerprint density at radius 3 is 1.94 bits per heavy atom. The largest absolute Gasteiger partial charge is 0.573 e. The average Bonchev–Trinajstić information content (AvgIpc) is 3.07. The third-order valence-electron chi connectivity index (χ3n) is 4.92. The van der Waals surface area contributed by atoms with Crippen LogP contribution in [0.3, 0.4) is 0 Å². The van der Waals surface area contributed by atoms with Gasteiger partial charge in [0, 0.05) is 16.9 Å². The van der Waals surface area contributed by atoms with Crippen molar-refractivity contribution in [2.45, 2.75) is 25.9 Å². The van der Waals surface area contributed by atoms with Gasteiger partial charge in [0.1, 0.15) is 17.4 Å². The van der Waals surface area contributed by atoms with Gasteiger partial charge in [-0.2, -0.15) is 0 Å². The highest BCUT2D eigenvalue weighted by atomic mass is 19.4. The van der Waals surface area contributed by atoms with Gasteiger partial charge in [0.25, 0.3) is 0 Å². The third-order valence-corrected chi connectivity index (χ3v) is 4.92. The van der Waals surface area contributed by atoms with Crippen molar-refractivity contribution in [3.8, 4) is 5.75 Å². The van der Waals surface area contributed by atoms with Gasteiger partial charge in [-0.05, 0) is 60.7 Å². The second-order valence-electron chi connectivity index (χ2n) is 7.05. The number of urea groups is 1. The topological polar surface area (TPSA) is 53.0 Å². The number of nitrogens with zero attached hydrogens (tertiary/aromatic N) is 2.